The molecule has 7 heteroatoms. The van der Waals surface area contributed by atoms with Gasteiger partial charge in [0.15, 0.2) is 0 Å². The molecule has 1 aliphatic heterocycles. The minimum atomic E-state index is -0.714. The van der Waals surface area contributed by atoms with Crippen molar-refractivity contribution >= 4 is 11.7 Å². The first kappa shape index (κ1) is 18.3. The van der Waals surface area contributed by atoms with Crippen LogP contribution in [0.25, 0.3) is 0 Å². The summed E-state index contributed by atoms with van der Waals surface area (Å²) in [7, 11) is 1.73. The highest BCUT2D eigenvalue weighted by atomic mass is 19.1. The first-order chi connectivity index (χ1) is 12.4. The van der Waals surface area contributed by atoms with Gasteiger partial charge in [-0.05, 0) is 44.4 Å². The van der Waals surface area contributed by atoms with Gasteiger partial charge in [-0.1, -0.05) is 12.1 Å². The second kappa shape index (κ2) is 7.37. The summed E-state index contributed by atoms with van der Waals surface area (Å²) in [6, 6.07) is 5.37. The standard InChI is InChI=1S/C19H22FN3O3/c1-11-16(12(2)23(3)22-11)18(24)19(25)21-17(15-5-4-10-26-15)13-6-8-14(20)9-7-13/h6-9,15,17H,4-5,10H2,1-3H3,(H,21,25)/t15-,17-/m1/s1. The van der Waals surface area contributed by atoms with E-state index in [-0.39, 0.29) is 11.9 Å². The summed E-state index contributed by atoms with van der Waals surface area (Å²) in [6.07, 6.45) is 1.40. The molecule has 0 spiro atoms. The fourth-order valence-electron chi connectivity index (χ4n) is 3.35. The van der Waals surface area contributed by atoms with E-state index in [2.05, 4.69) is 10.4 Å². The van der Waals surface area contributed by atoms with Crippen LogP contribution in [0.2, 0.25) is 0 Å². The third-order valence-corrected chi connectivity index (χ3v) is 4.79. The third-order valence-electron chi connectivity index (χ3n) is 4.79. The Kier molecular flexibility index (Phi) is 5.18. The summed E-state index contributed by atoms with van der Waals surface area (Å²) in [5.74, 6) is -1.70. The zero-order valence-corrected chi connectivity index (χ0v) is 15.1. The van der Waals surface area contributed by atoms with Gasteiger partial charge in [0.25, 0.3) is 11.7 Å². The third kappa shape index (κ3) is 3.53. The van der Waals surface area contributed by atoms with Crippen LogP contribution in [-0.4, -0.2) is 34.2 Å². The maximum Gasteiger partial charge on any atom is 0.293 e. The number of ether oxygens (including phenoxy) is 1. The average Bonchev–Trinajstić information content (AvgIpc) is 3.22. The molecule has 1 saturated heterocycles. The van der Waals surface area contributed by atoms with Gasteiger partial charge in [0, 0.05) is 19.3 Å². The number of benzene rings is 1. The molecular weight excluding hydrogens is 337 g/mol. The number of halogens is 1. The summed E-state index contributed by atoms with van der Waals surface area (Å²) < 4.78 is 20.5. The normalized spacial score (nSPS) is 17.9. The van der Waals surface area contributed by atoms with Crippen molar-refractivity contribution in [2.75, 3.05) is 6.61 Å². The van der Waals surface area contributed by atoms with E-state index in [0.717, 1.165) is 12.8 Å². The fraction of sp³-hybridized carbons (Fsp3) is 0.421. The molecule has 2 aromatic rings. The maximum atomic E-state index is 13.2. The van der Waals surface area contributed by atoms with E-state index in [4.69, 9.17) is 4.74 Å². The van der Waals surface area contributed by atoms with Crippen LogP contribution >= 0.6 is 0 Å². The lowest BCUT2D eigenvalue weighted by Crippen LogP contribution is -2.40. The van der Waals surface area contributed by atoms with E-state index in [9.17, 15) is 14.0 Å². The number of hydrogen-bond donors (Lipinski definition) is 1. The van der Waals surface area contributed by atoms with E-state index in [0.29, 0.717) is 29.1 Å². The monoisotopic (exact) mass is 359 g/mol. The molecule has 0 unspecified atom stereocenters. The van der Waals surface area contributed by atoms with Crippen LogP contribution in [0.1, 0.15) is 46.2 Å². The molecule has 1 aromatic carbocycles. The highest BCUT2D eigenvalue weighted by molar-refractivity contribution is 6.43. The molecule has 0 saturated carbocycles. The number of rotatable bonds is 5. The van der Waals surface area contributed by atoms with E-state index in [1.807, 2.05) is 0 Å². The quantitative estimate of drug-likeness (QED) is 0.657. The van der Waals surface area contributed by atoms with Gasteiger partial charge < -0.3 is 10.1 Å². The van der Waals surface area contributed by atoms with Crippen molar-refractivity contribution in [3.05, 3.63) is 52.6 Å². The number of nitrogens with zero attached hydrogens (tertiary/aromatic N) is 2. The molecule has 1 N–H and O–H groups in total. The summed E-state index contributed by atoms with van der Waals surface area (Å²) in [4.78, 5) is 25.3. The highest BCUT2D eigenvalue weighted by Gasteiger charge is 2.32. The van der Waals surface area contributed by atoms with Gasteiger partial charge in [-0.15, -0.1) is 0 Å². The topological polar surface area (TPSA) is 73.2 Å². The van der Waals surface area contributed by atoms with E-state index >= 15 is 0 Å². The molecule has 26 heavy (non-hydrogen) atoms. The predicted octanol–water partition coefficient (Wildman–Crippen LogP) is 2.40. The van der Waals surface area contributed by atoms with Gasteiger partial charge in [0.1, 0.15) is 5.82 Å². The first-order valence-corrected chi connectivity index (χ1v) is 8.61. The Bertz CT molecular complexity index is 823. The van der Waals surface area contributed by atoms with Crippen molar-refractivity contribution in [1.29, 1.82) is 0 Å². The molecule has 0 aliphatic carbocycles. The number of hydrogen-bond acceptors (Lipinski definition) is 4. The number of aromatic nitrogens is 2. The molecule has 1 aliphatic rings. The van der Waals surface area contributed by atoms with Crippen LogP contribution < -0.4 is 5.32 Å². The Hall–Kier alpha value is -2.54. The lowest BCUT2D eigenvalue weighted by atomic mass is 9.98. The van der Waals surface area contributed by atoms with Crippen molar-refractivity contribution in [2.45, 2.75) is 38.8 Å². The van der Waals surface area contributed by atoms with Gasteiger partial charge in [0.05, 0.1) is 23.4 Å². The number of nitrogens with one attached hydrogen (secondary N) is 1. The smallest absolute Gasteiger partial charge is 0.293 e. The molecule has 2 atom stereocenters. The van der Waals surface area contributed by atoms with Crippen LogP contribution in [0.3, 0.4) is 0 Å². The molecule has 3 rings (SSSR count). The van der Waals surface area contributed by atoms with Crippen molar-refractivity contribution in [3.63, 3.8) is 0 Å². The number of amides is 1. The number of carbonyl (C=O) groups excluding carboxylic acids is 2. The van der Waals surface area contributed by atoms with E-state index < -0.39 is 17.7 Å². The molecular formula is C19H22FN3O3. The second-order valence-electron chi connectivity index (χ2n) is 6.55. The van der Waals surface area contributed by atoms with Crippen LogP contribution in [0, 0.1) is 19.7 Å². The SMILES string of the molecule is Cc1nn(C)c(C)c1C(=O)C(=O)N[C@H](c1ccc(F)cc1)[C@H]1CCCO1. The molecule has 6 nitrogen and oxygen atoms in total. The lowest BCUT2D eigenvalue weighted by molar-refractivity contribution is -0.118. The first-order valence-electron chi connectivity index (χ1n) is 8.61. The van der Waals surface area contributed by atoms with Crippen LogP contribution in [-0.2, 0) is 16.6 Å². The highest BCUT2D eigenvalue weighted by Crippen LogP contribution is 2.27. The zero-order chi connectivity index (χ0) is 18.8. The van der Waals surface area contributed by atoms with Gasteiger partial charge >= 0.3 is 0 Å². The van der Waals surface area contributed by atoms with Gasteiger partial charge in [0.2, 0.25) is 0 Å². The van der Waals surface area contributed by atoms with Gasteiger partial charge in [-0.3, -0.25) is 14.3 Å². The summed E-state index contributed by atoms with van der Waals surface area (Å²) in [5, 5.41) is 6.97. The average molecular weight is 359 g/mol. The van der Waals surface area contributed by atoms with Crippen LogP contribution in [0.5, 0.6) is 0 Å². The number of ketones is 1. The molecule has 1 aromatic heterocycles. The number of Topliss-reactive ketones (excluding diaryl/α,β-unsaturated/α-hetero) is 1. The molecule has 1 amide bonds. The lowest BCUT2D eigenvalue weighted by Gasteiger charge is -2.24. The van der Waals surface area contributed by atoms with Crippen molar-refractivity contribution in [2.24, 2.45) is 7.05 Å². The molecule has 138 valence electrons. The Balaban J connectivity index is 1.85. The molecule has 2 heterocycles. The Morgan fingerprint density at radius 2 is 2.00 bits per heavy atom. The predicted molar refractivity (Wildman–Crippen MR) is 93.3 cm³/mol. The summed E-state index contributed by atoms with van der Waals surface area (Å²) >= 11 is 0. The van der Waals surface area contributed by atoms with Crippen LogP contribution in [0.4, 0.5) is 4.39 Å². The molecule has 1 fully saturated rings. The van der Waals surface area contributed by atoms with Gasteiger partial charge in [-0.25, -0.2) is 4.39 Å². The largest absolute Gasteiger partial charge is 0.376 e. The minimum absolute atomic E-state index is 0.242. The van der Waals surface area contributed by atoms with Gasteiger partial charge in [-0.2, -0.15) is 5.10 Å². The number of aryl methyl sites for hydroxylation is 2. The zero-order valence-electron chi connectivity index (χ0n) is 15.1. The Labute approximate surface area is 151 Å². The fourth-order valence-corrected chi connectivity index (χ4v) is 3.35. The maximum absolute atomic E-state index is 13.2. The molecule has 0 bridgehead atoms. The van der Waals surface area contributed by atoms with E-state index in [1.54, 1.807) is 37.7 Å². The molecule has 0 radical (unpaired) electrons. The van der Waals surface area contributed by atoms with Crippen molar-refractivity contribution in [3.8, 4) is 0 Å². The van der Waals surface area contributed by atoms with Crippen molar-refractivity contribution in [1.82, 2.24) is 15.1 Å². The minimum Gasteiger partial charge on any atom is -0.376 e. The Morgan fingerprint density at radius 1 is 1.31 bits per heavy atom. The van der Waals surface area contributed by atoms with E-state index in [1.165, 1.54) is 12.1 Å². The van der Waals surface area contributed by atoms with Crippen molar-refractivity contribution < 1.29 is 18.7 Å². The van der Waals surface area contributed by atoms with Crippen LogP contribution in [0.15, 0.2) is 24.3 Å². The number of carbonyl (C=O) groups is 2. The summed E-state index contributed by atoms with van der Waals surface area (Å²) in [5.41, 5.74) is 2.17. The summed E-state index contributed by atoms with van der Waals surface area (Å²) in [6.45, 7) is 4.05. The second-order valence-corrected chi connectivity index (χ2v) is 6.55. The Morgan fingerprint density at radius 3 is 2.54 bits per heavy atom.